The predicted molar refractivity (Wildman–Crippen MR) is 84.4 cm³/mol. The summed E-state index contributed by atoms with van der Waals surface area (Å²) in [6.45, 7) is 7.22. The predicted octanol–water partition coefficient (Wildman–Crippen LogP) is 2.98. The summed E-state index contributed by atoms with van der Waals surface area (Å²) >= 11 is 0. The molecule has 0 spiro atoms. The topological polar surface area (TPSA) is 78.3 Å². The van der Waals surface area contributed by atoms with Crippen LogP contribution < -0.4 is 11.5 Å². The maximum absolute atomic E-state index is 12.2. The fourth-order valence-corrected chi connectivity index (χ4v) is 2.19. The van der Waals surface area contributed by atoms with Crippen molar-refractivity contribution in [3.63, 3.8) is 0 Å². The average molecular weight is 286 g/mol. The highest BCUT2D eigenvalue weighted by molar-refractivity contribution is 5.72. The van der Waals surface area contributed by atoms with Crippen LogP contribution in [0.25, 0.3) is 0 Å². The minimum absolute atomic E-state index is 0.0322. The van der Waals surface area contributed by atoms with E-state index in [-0.39, 0.29) is 11.9 Å². The number of nitrogens with two attached hydrogens (primary N) is 2. The zero-order valence-corrected chi connectivity index (χ0v) is 13.6. The van der Waals surface area contributed by atoms with Crippen molar-refractivity contribution in [3.8, 4) is 0 Å². The van der Waals surface area contributed by atoms with Crippen LogP contribution in [0.4, 0.5) is 0 Å². The SMILES string of the molecule is CC(C)(C)OC(=O)C(CCCCCN)CCCCCN. The lowest BCUT2D eigenvalue weighted by atomic mass is 9.94. The van der Waals surface area contributed by atoms with Crippen molar-refractivity contribution < 1.29 is 9.53 Å². The highest BCUT2D eigenvalue weighted by atomic mass is 16.6. The quantitative estimate of drug-likeness (QED) is 0.452. The van der Waals surface area contributed by atoms with Gasteiger partial charge in [0.2, 0.25) is 0 Å². The number of esters is 1. The van der Waals surface area contributed by atoms with Crippen LogP contribution in [0.2, 0.25) is 0 Å². The molecule has 0 aromatic heterocycles. The zero-order valence-electron chi connectivity index (χ0n) is 13.6. The third kappa shape index (κ3) is 11.2. The summed E-state index contributed by atoms with van der Waals surface area (Å²) in [6, 6.07) is 0. The van der Waals surface area contributed by atoms with E-state index in [1.165, 1.54) is 0 Å². The van der Waals surface area contributed by atoms with Gasteiger partial charge in [-0.15, -0.1) is 0 Å². The molecule has 0 saturated heterocycles. The smallest absolute Gasteiger partial charge is 0.309 e. The number of carbonyl (C=O) groups is 1. The van der Waals surface area contributed by atoms with Gasteiger partial charge in [-0.1, -0.05) is 25.7 Å². The molecule has 0 aromatic carbocycles. The maximum atomic E-state index is 12.2. The van der Waals surface area contributed by atoms with E-state index >= 15 is 0 Å². The molecule has 20 heavy (non-hydrogen) atoms. The van der Waals surface area contributed by atoms with Crippen molar-refractivity contribution in [3.05, 3.63) is 0 Å². The van der Waals surface area contributed by atoms with Crippen LogP contribution in [0.3, 0.4) is 0 Å². The van der Waals surface area contributed by atoms with Crippen LogP contribution in [0.1, 0.15) is 72.1 Å². The van der Waals surface area contributed by atoms with E-state index in [1.807, 2.05) is 20.8 Å². The Balaban J connectivity index is 4.18. The van der Waals surface area contributed by atoms with E-state index < -0.39 is 5.60 Å². The fraction of sp³-hybridized carbons (Fsp3) is 0.938. The molecule has 120 valence electrons. The maximum Gasteiger partial charge on any atom is 0.309 e. The second-order valence-electron chi connectivity index (χ2n) is 6.51. The Morgan fingerprint density at radius 1 is 0.900 bits per heavy atom. The number of ether oxygens (including phenoxy) is 1. The first-order valence-corrected chi connectivity index (χ1v) is 8.03. The third-order valence-electron chi connectivity index (χ3n) is 3.25. The lowest BCUT2D eigenvalue weighted by molar-refractivity contribution is -0.160. The molecular formula is C16H34N2O2. The molecule has 0 bridgehead atoms. The van der Waals surface area contributed by atoms with Crippen molar-refractivity contribution in [1.29, 1.82) is 0 Å². The van der Waals surface area contributed by atoms with Gasteiger partial charge >= 0.3 is 5.97 Å². The summed E-state index contributed by atoms with van der Waals surface area (Å²) < 4.78 is 5.53. The fourth-order valence-electron chi connectivity index (χ4n) is 2.19. The van der Waals surface area contributed by atoms with Crippen molar-refractivity contribution in [2.75, 3.05) is 13.1 Å². The lowest BCUT2D eigenvalue weighted by Gasteiger charge is -2.24. The number of hydrogen-bond donors (Lipinski definition) is 2. The van der Waals surface area contributed by atoms with Gasteiger partial charge in [0, 0.05) is 0 Å². The zero-order chi connectivity index (χ0) is 15.4. The van der Waals surface area contributed by atoms with Crippen molar-refractivity contribution in [1.82, 2.24) is 0 Å². The highest BCUT2D eigenvalue weighted by Crippen LogP contribution is 2.21. The Hall–Kier alpha value is -0.610. The largest absolute Gasteiger partial charge is 0.460 e. The third-order valence-corrected chi connectivity index (χ3v) is 3.25. The molecule has 0 unspecified atom stereocenters. The molecule has 4 heteroatoms. The summed E-state index contributed by atoms with van der Waals surface area (Å²) in [6.07, 6.45) is 8.20. The molecule has 0 amide bonds. The van der Waals surface area contributed by atoms with Gasteiger partial charge in [-0.2, -0.15) is 0 Å². The van der Waals surface area contributed by atoms with E-state index in [1.54, 1.807) is 0 Å². The second-order valence-corrected chi connectivity index (χ2v) is 6.51. The Labute approximate surface area is 124 Å². The first kappa shape index (κ1) is 19.4. The van der Waals surface area contributed by atoms with Crippen molar-refractivity contribution in [2.24, 2.45) is 17.4 Å². The second kappa shape index (κ2) is 11.1. The van der Waals surface area contributed by atoms with E-state index in [4.69, 9.17) is 16.2 Å². The van der Waals surface area contributed by atoms with Crippen LogP contribution in [0, 0.1) is 5.92 Å². The van der Waals surface area contributed by atoms with Gasteiger partial charge in [-0.05, 0) is 59.5 Å². The van der Waals surface area contributed by atoms with Crippen molar-refractivity contribution in [2.45, 2.75) is 77.7 Å². The molecule has 0 atom stereocenters. The van der Waals surface area contributed by atoms with Gasteiger partial charge in [-0.25, -0.2) is 0 Å². The Morgan fingerprint density at radius 2 is 1.35 bits per heavy atom. The first-order chi connectivity index (χ1) is 9.40. The molecule has 4 N–H and O–H groups in total. The standard InChI is InChI=1S/C16H34N2O2/c1-16(2,3)20-15(19)14(10-6-4-8-12-17)11-7-5-9-13-18/h14H,4-13,17-18H2,1-3H3. The molecular weight excluding hydrogens is 252 g/mol. The van der Waals surface area contributed by atoms with Gasteiger partial charge < -0.3 is 16.2 Å². The lowest BCUT2D eigenvalue weighted by Crippen LogP contribution is -2.29. The van der Waals surface area contributed by atoms with E-state index in [0.29, 0.717) is 0 Å². The van der Waals surface area contributed by atoms with Crippen LogP contribution >= 0.6 is 0 Å². The first-order valence-electron chi connectivity index (χ1n) is 8.03. The highest BCUT2D eigenvalue weighted by Gasteiger charge is 2.24. The Bertz CT molecular complexity index is 237. The average Bonchev–Trinajstić information content (AvgIpc) is 2.34. The van der Waals surface area contributed by atoms with E-state index in [2.05, 4.69) is 0 Å². The monoisotopic (exact) mass is 286 g/mol. The molecule has 0 heterocycles. The summed E-state index contributed by atoms with van der Waals surface area (Å²) in [5.41, 5.74) is 10.6. The number of hydrogen-bond acceptors (Lipinski definition) is 4. The molecule has 0 fully saturated rings. The summed E-state index contributed by atoms with van der Waals surface area (Å²) in [7, 11) is 0. The minimum atomic E-state index is -0.399. The van der Waals surface area contributed by atoms with Crippen LogP contribution in [0.5, 0.6) is 0 Å². The number of carbonyl (C=O) groups excluding carboxylic acids is 1. The van der Waals surface area contributed by atoms with Gasteiger partial charge in [0.05, 0.1) is 5.92 Å². The molecule has 0 aromatic rings. The molecule has 0 aliphatic rings. The van der Waals surface area contributed by atoms with Crippen LogP contribution in [-0.4, -0.2) is 24.7 Å². The number of rotatable bonds is 11. The van der Waals surface area contributed by atoms with E-state index in [9.17, 15) is 4.79 Å². The van der Waals surface area contributed by atoms with Crippen molar-refractivity contribution >= 4 is 5.97 Å². The summed E-state index contributed by atoms with van der Waals surface area (Å²) in [5.74, 6) is -0.0113. The Morgan fingerprint density at radius 3 is 1.70 bits per heavy atom. The van der Waals surface area contributed by atoms with Crippen LogP contribution in [-0.2, 0) is 9.53 Å². The summed E-state index contributed by atoms with van der Waals surface area (Å²) in [5, 5.41) is 0. The van der Waals surface area contributed by atoms with E-state index in [0.717, 1.165) is 64.5 Å². The Kier molecular flexibility index (Phi) is 10.8. The summed E-state index contributed by atoms with van der Waals surface area (Å²) in [4.78, 5) is 12.2. The minimum Gasteiger partial charge on any atom is -0.460 e. The molecule has 0 rings (SSSR count). The molecule has 0 saturated carbocycles. The van der Waals surface area contributed by atoms with Crippen LogP contribution in [0.15, 0.2) is 0 Å². The van der Waals surface area contributed by atoms with Gasteiger partial charge in [0.1, 0.15) is 5.60 Å². The number of unbranched alkanes of at least 4 members (excludes halogenated alkanes) is 4. The van der Waals surface area contributed by atoms with Gasteiger partial charge in [0.15, 0.2) is 0 Å². The molecule has 4 nitrogen and oxygen atoms in total. The van der Waals surface area contributed by atoms with Gasteiger partial charge in [-0.3, -0.25) is 4.79 Å². The molecule has 0 aliphatic carbocycles. The molecule has 0 aliphatic heterocycles. The molecule has 0 radical (unpaired) electrons. The van der Waals surface area contributed by atoms with Gasteiger partial charge in [0.25, 0.3) is 0 Å². The normalized spacial score (nSPS) is 11.9.